The molecule has 2 rings (SSSR count). The van der Waals surface area contributed by atoms with Gasteiger partial charge in [-0.25, -0.2) is 0 Å². The van der Waals surface area contributed by atoms with Crippen molar-refractivity contribution in [2.24, 2.45) is 5.41 Å². The first-order valence-corrected chi connectivity index (χ1v) is 7.40. The van der Waals surface area contributed by atoms with Crippen molar-refractivity contribution < 1.29 is 0 Å². The molecule has 2 heteroatoms. The van der Waals surface area contributed by atoms with Gasteiger partial charge in [-0.3, -0.25) is 4.90 Å². The van der Waals surface area contributed by atoms with E-state index in [9.17, 15) is 0 Å². The van der Waals surface area contributed by atoms with Gasteiger partial charge in [0.05, 0.1) is 0 Å². The van der Waals surface area contributed by atoms with E-state index in [2.05, 4.69) is 37.9 Å². The summed E-state index contributed by atoms with van der Waals surface area (Å²) in [5.74, 6) is 0. The van der Waals surface area contributed by atoms with E-state index in [1.165, 1.54) is 51.7 Å². The van der Waals surface area contributed by atoms with Crippen LogP contribution in [0, 0.1) is 5.41 Å². The Morgan fingerprint density at radius 3 is 2.53 bits per heavy atom. The highest BCUT2D eigenvalue weighted by molar-refractivity contribution is 4.94. The Bertz CT molecular complexity index is 258. The van der Waals surface area contributed by atoms with E-state index >= 15 is 0 Å². The van der Waals surface area contributed by atoms with Gasteiger partial charge in [-0.05, 0) is 51.6 Å². The van der Waals surface area contributed by atoms with Crippen molar-refractivity contribution in [2.45, 2.75) is 71.4 Å². The predicted molar refractivity (Wildman–Crippen MR) is 74.3 cm³/mol. The molecule has 0 bridgehead atoms. The fourth-order valence-electron chi connectivity index (χ4n) is 3.77. The van der Waals surface area contributed by atoms with Crippen LogP contribution in [-0.2, 0) is 0 Å². The second kappa shape index (κ2) is 4.89. The highest BCUT2D eigenvalue weighted by Crippen LogP contribution is 2.39. The second-order valence-electron chi connectivity index (χ2n) is 7.38. The molecule has 0 radical (unpaired) electrons. The van der Waals surface area contributed by atoms with Crippen molar-refractivity contribution in [3.05, 3.63) is 0 Å². The normalized spacial score (nSPS) is 34.2. The molecule has 2 aliphatic rings. The van der Waals surface area contributed by atoms with Crippen molar-refractivity contribution >= 4 is 0 Å². The molecule has 0 amide bonds. The van der Waals surface area contributed by atoms with Crippen LogP contribution in [0.2, 0.25) is 0 Å². The van der Waals surface area contributed by atoms with Crippen LogP contribution in [0.4, 0.5) is 0 Å². The van der Waals surface area contributed by atoms with E-state index in [0.717, 1.165) is 6.04 Å². The van der Waals surface area contributed by atoms with Crippen LogP contribution >= 0.6 is 0 Å². The van der Waals surface area contributed by atoms with Gasteiger partial charge in [0.1, 0.15) is 0 Å². The van der Waals surface area contributed by atoms with Crippen LogP contribution in [-0.4, -0.2) is 36.1 Å². The van der Waals surface area contributed by atoms with Gasteiger partial charge in [-0.1, -0.05) is 26.7 Å². The van der Waals surface area contributed by atoms with Gasteiger partial charge < -0.3 is 5.32 Å². The lowest BCUT2D eigenvalue weighted by Gasteiger charge is -2.46. The summed E-state index contributed by atoms with van der Waals surface area (Å²) in [4.78, 5) is 2.78. The molecule has 1 saturated heterocycles. The van der Waals surface area contributed by atoms with Crippen molar-refractivity contribution in [2.75, 3.05) is 19.6 Å². The van der Waals surface area contributed by atoms with Crippen molar-refractivity contribution in [1.29, 1.82) is 0 Å². The minimum atomic E-state index is 0.282. The third-order valence-electron chi connectivity index (χ3n) is 4.72. The fourth-order valence-corrected chi connectivity index (χ4v) is 3.77. The number of hydrogen-bond donors (Lipinski definition) is 1. The third-order valence-corrected chi connectivity index (χ3v) is 4.72. The van der Waals surface area contributed by atoms with Gasteiger partial charge in [0.25, 0.3) is 0 Å². The Kier molecular flexibility index (Phi) is 3.84. The van der Waals surface area contributed by atoms with Gasteiger partial charge in [0.15, 0.2) is 0 Å². The molecule has 2 fully saturated rings. The standard InChI is InChI=1S/C15H30N2/c1-14(2)9-6-5-8-13(14)17-11-7-10-16-15(3,4)12-17/h13,16H,5-12H2,1-4H3. The molecule has 1 saturated carbocycles. The lowest BCUT2D eigenvalue weighted by Crippen LogP contribution is -2.53. The number of nitrogens with one attached hydrogen (secondary N) is 1. The lowest BCUT2D eigenvalue weighted by atomic mass is 9.72. The zero-order valence-corrected chi connectivity index (χ0v) is 12.2. The molecule has 0 aromatic rings. The molecule has 1 atom stereocenters. The van der Waals surface area contributed by atoms with E-state index in [1.807, 2.05) is 0 Å². The predicted octanol–water partition coefficient (Wildman–Crippen LogP) is 3.03. The molecular weight excluding hydrogens is 208 g/mol. The van der Waals surface area contributed by atoms with Crippen LogP contribution in [0.15, 0.2) is 0 Å². The Balaban J connectivity index is 2.08. The average Bonchev–Trinajstić information content (AvgIpc) is 2.38. The van der Waals surface area contributed by atoms with Crippen LogP contribution in [0.1, 0.15) is 59.8 Å². The molecule has 100 valence electrons. The summed E-state index contributed by atoms with van der Waals surface area (Å²) in [6.45, 7) is 13.3. The van der Waals surface area contributed by atoms with E-state index in [4.69, 9.17) is 0 Å². The Morgan fingerprint density at radius 1 is 1.06 bits per heavy atom. The maximum absolute atomic E-state index is 3.68. The minimum absolute atomic E-state index is 0.282. The number of nitrogens with zero attached hydrogens (tertiary/aromatic N) is 1. The SMILES string of the molecule is CC1(C)CN(C2CCCCC2(C)C)CCCN1. The molecule has 1 aliphatic heterocycles. The minimum Gasteiger partial charge on any atom is -0.310 e. The molecular formula is C15H30N2. The number of rotatable bonds is 1. The molecule has 2 nitrogen and oxygen atoms in total. The summed E-state index contributed by atoms with van der Waals surface area (Å²) in [5.41, 5.74) is 0.794. The van der Waals surface area contributed by atoms with E-state index in [-0.39, 0.29) is 5.54 Å². The Labute approximate surface area is 107 Å². The van der Waals surface area contributed by atoms with E-state index in [1.54, 1.807) is 0 Å². The molecule has 17 heavy (non-hydrogen) atoms. The fraction of sp³-hybridized carbons (Fsp3) is 1.00. The van der Waals surface area contributed by atoms with Crippen molar-refractivity contribution in [3.8, 4) is 0 Å². The highest BCUT2D eigenvalue weighted by Gasteiger charge is 2.38. The topological polar surface area (TPSA) is 15.3 Å². The summed E-state index contributed by atoms with van der Waals surface area (Å²) in [5, 5.41) is 3.68. The summed E-state index contributed by atoms with van der Waals surface area (Å²) < 4.78 is 0. The molecule has 0 spiro atoms. The first kappa shape index (κ1) is 13.4. The summed E-state index contributed by atoms with van der Waals surface area (Å²) in [6, 6.07) is 0.801. The van der Waals surface area contributed by atoms with Crippen LogP contribution < -0.4 is 5.32 Å². The van der Waals surface area contributed by atoms with E-state index in [0.29, 0.717) is 5.41 Å². The van der Waals surface area contributed by atoms with Crippen LogP contribution in [0.3, 0.4) is 0 Å². The summed E-state index contributed by atoms with van der Waals surface area (Å²) >= 11 is 0. The maximum atomic E-state index is 3.68. The first-order chi connectivity index (χ1) is 7.91. The molecule has 1 unspecified atom stereocenters. The quantitative estimate of drug-likeness (QED) is 0.755. The Morgan fingerprint density at radius 2 is 1.82 bits per heavy atom. The zero-order chi connectivity index (χ0) is 12.5. The zero-order valence-electron chi connectivity index (χ0n) is 12.2. The Hall–Kier alpha value is -0.0800. The maximum Gasteiger partial charge on any atom is 0.0252 e. The van der Waals surface area contributed by atoms with Gasteiger partial charge in [-0.15, -0.1) is 0 Å². The average molecular weight is 238 g/mol. The molecule has 0 aromatic carbocycles. The summed E-state index contributed by atoms with van der Waals surface area (Å²) in [6.07, 6.45) is 6.97. The smallest absolute Gasteiger partial charge is 0.0252 e. The van der Waals surface area contributed by atoms with Crippen molar-refractivity contribution in [3.63, 3.8) is 0 Å². The first-order valence-electron chi connectivity index (χ1n) is 7.40. The highest BCUT2D eigenvalue weighted by atomic mass is 15.2. The summed E-state index contributed by atoms with van der Waals surface area (Å²) in [7, 11) is 0. The van der Waals surface area contributed by atoms with Crippen molar-refractivity contribution in [1.82, 2.24) is 10.2 Å². The van der Waals surface area contributed by atoms with Gasteiger partial charge >= 0.3 is 0 Å². The molecule has 0 aromatic heterocycles. The second-order valence-corrected chi connectivity index (χ2v) is 7.38. The monoisotopic (exact) mass is 238 g/mol. The van der Waals surface area contributed by atoms with Gasteiger partial charge in [0.2, 0.25) is 0 Å². The van der Waals surface area contributed by atoms with E-state index < -0.39 is 0 Å². The molecule has 1 N–H and O–H groups in total. The van der Waals surface area contributed by atoms with Crippen LogP contribution in [0.5, 0.6) is 0 Å². The van der Waals surface area contributed by atoms with Gasteiger partial charge in [0, 0.05) is 18.1 Å². The lowest BCUT2D eigenvalue weighted by molar-refractivity contribution is 0.0402. The largest absolute Gasteiger partial charge is 0.310 e. The third kappa shape index (κ3) is 3.23. The molecule has 1 heterocycles. The number of hydrogen-bond acceptors (Lipinski definition) is 2. The molecule has 1 aliphatic carbocycles. The van der Waals surface area contributed by atoms with Gasteiger partial charge in [-0.2, -0.15) is 0 Å². The van der Waals surface area contributed by atoms with Crippen LogP contribution in [0.25, 0.3) is 0 Å².